The highest BCUT2D eigenvalue weighted by Gasteiger charge is 2.13. The second-order valence-corrected chi connectivity index (χ2v) is 3.14. The van der Waals surface area contributed by atoms with E-state index in [1.165, 1.54) is 32.1 Å². The zero-order chi connectivity index (χ0) is 7.23. The molecule has 1 saturated carbocycles. The second kappa shape index (κ2) is 4.69. The lowest BCUT2D eigenvalue weighted by Gasteiger charge is -2.07. The minimum Gasteiger partial charge on any atom is -0.318 e. The monoisotopic (exact) mass is 142 g/mol. The molecule has 0 heterocycles. The Balaban J connectivity index is 1.91. The SMILES string of the molecule is NCNCCC1CCCC1. The standard InChI is InChI=1S/C8H18N2/c9-7-10-6-5-8-3-1-2-4-8/h8,10H,1-7,9H2. The van der Waals surface area contributed by atoms with Gasteiger partial charge in [0.25, 0.3) is 0 Å². The van der Waals surface area contributed by atoms with Gasteiger partial charge in [-0.25, -0.2) is 0 Å². The smallest absolute Gasteiger partial charge is 0.0428 e. The maximum Gasteiger partial charge on any atom is 0.0428 e. The van der Waals surface area contributed by atoms with Gasteiger partial charge in [-0.2, -0.15) is 0 Å². The number of rotatable bonds is 4. The van der Waals surface area contributed by atoms with Gasteiger partial charge in [0.15, 0.2) is 0 Å². The summed E-state index contributed by atoms with van der Waals surface area (Å²) in [5, 5.41) is 3.15. The molecule has 2 heteroatoms. The van der Waals surface area contributed by atoms with Crippen LogP contribution >= 0.6 is 0 Å². The predicted octanol–water partition coefficient (Wildman–Crippen LogP) is 1.07. The van der Waals surface area contributed by atoms with Crippen LogP contribution < -0.4 is 11.1 Å². The van der Waals surface area contributed by atoms with E-state index in [4.69, 9.17) is 5.73 Å². The van der Waals surface area contributed by atoms with E-state index in [1.54, 1.807) is 0 Å². The third-order valence-electron chi connectivity index (χ3n) is 2.35. The molecule has 0 unspecified atom stereocenters. The Kier molecular flexibility index (Phi) is 3.76. The summed E-state index contributed by atoms with van der Waals surface area (Å²) in [4.78, 5) is 0. The Labute approximate surface area is 63.2 Å². The molecule has 0 aromatic rings. The number of hydrogen-bond donors (Lipinski definition) is 2. The van der Waals surface area contributed by atoms with Crippen LogP contribution in [-0.4, -0.2) is 13.2 Å². The molecule has 0 aromatic heterocycles. The van der Waals surface area contributed by atoms with Crippen molar-refractivity contribution in [2.75, 3.05) is 13.2 Å². The van der Waals surface area contributed by atoms with Crippen molar-refractivity contribution in [1.82, 2.24) is 5.32 Å². The highest BCUT2D eigenvalue weighted by Crippen LogP contribution is 2.26. The molecule has 0 amide bonds. The Morgan fingerprint density at radius 3 is 2.60 bits per heavy atom. The Hall–Kier alpha value is -0.0800. The summed E-state index contributed by atoms with van der Waals surface area (Å²) in [6.45, 7) is 1.74. The van der Waals surface area contributed by atoms with E-state index in [0.29, 0.717) is 6.67 Å². The first kappa shape index (κ1) is 8.02. The molecule has 0 radical (unpaired) electrons. The van der Waals surface area contributed by atoms with Crippen molar-refractivity contribution in [3.05, 3.63) is 0 Å². The Morgan fingerprint density at radius 2 is 2.00 bits per heavy atom. The second-order valence-electron chi connectivity index (χ2n) is 3.14. The Morgan fingerprint density at radius 1 is 1.30 bits per heavy atom. The van der Waals surface area contributed by atoms with E-state index < -0.39 is 0 Å². The van der Waals surface area contributed by atoms with Gasteiger partial charge in [-0.05, 0) is 18.9 Å². The molecule has 2 nitrogen and oxygen atoms in total. The zero-order valence-electron chi connectivity index (χ0n) is 6.60. The van der Waals surface area contributed by atoms with E-state index in [1.807, 2.05) is 0 Å². The molecule has 0 spiro atoms. The van der Waals surface area contributed by atoms with Crippen LogP contribution in [0.3, 0.4) is 0 Å². The minimum absolute atomic E-state index is 0.632. The molecule has 1 aliphatic rings. The van der Waals surface area contributed by atoms with Crippen molar-refractivity contribution in [2.24, 2.45) is 11.7 Å². The van der Waals surface area contributed by atoms with Crippen molar-refractivity contribution in [2.45, 2.75) is 32.1 Å². The normalized spacial score (nSPS) is 20.1. The maximum absolute atomic E-state index is 5.30. The zero-order valence-corrected chi connectivity index (χ0v) is 6.60. The van der Waals surface area contributed by atoms with E-state index >= 15 is 0 Å². The van der Waals surface area contributed by atoms with E-state index in [-0.39, 0.29) is 0 Å². The first-order chi connectivity index (χ1) is 4.93. The molecule has 1 fully saturated rings. The molecule has 1 aliphatic carbocycles. The Bertz CT molecular complexity index is 77.3. The topological polar surface area (TPSA) is 38.0 Å². The molecule has 10 heavy (non-hydrogen) atoms. The van der Waals surface area contributed by atoms with Crippen LogP contribution in [0, 0.1) is 5.92 Å². The summed E-state index contributed by atoms with van der Waals surface area (Å²) in [5.41, 5.74) is 5.30. The fourth-order valence-electron chi connectivity index (χ4n) is 1.71. The molecule has 3 N–H and O–H groups in total. The van der Waals surface area contributed by atoms with Crippen molar-refractivity contribution in [3.8, 4) is 0 Å². The van der Waals surface area contributed by atoms with Crippen LogP contribution in [0.5, 0.6) is 0 Å². The third-order valence-corrected chi connectivity index (χ3v) is 2.35. The number of nitrogens with two attached hydrogens (primary N) is 1. The summed E-state index contributed by atoms with van der Waals surface area (Å²) in [5.74, 6) is 0.999. The molecule has 0 saturated heterocycles. The quantitative estimate of drug-likeness (QED) is 0.455. The van der Waals surface area contributed by atoms with Gasteiger partial charge in [-0.3, -0.25) is 0 Å². The van der Waals surface area contributed by atoms with Gasteiger partial charge in [0, 0.05) is 6.67 Å². The summed E-state index contributed by atoms with van der Waals surface area (Å²) in [6.07, 6.45) is 7.14. The highest BCUT2D eigenvalue weighted by atomic mass is 14.9. The molecular weight excluding hydrogens is 124 g/mol. The fraction of sp³-hybridized carbons (Fsp3) is 1.00. The van der Waals surface area contributed by atoms with Crippen LogP contribution in [0.1, 0.15) is 32.1 Å². The molecular formula is C8H18N2. The average Bonchev–Trinajstić information content (AvgIpc) is 2.41. The molecule has 1 rings (SSSR count). The van der Waals surface area contributed by atoms with Crippen LogP contribution in [0.15, 0.2) is 0 Å². The molecule has 0 aromatic carbocycles. The lowest BCUT2D eigenvalue weighted by Crippen LogP contribution is -2.24. The number of hydrogen-bond acceptors (Lipinski definition) is 2. The lowest BCUT2D eigenvalue weighted by atomic mass is 10.0. The third kappa shape index (κ3) is 2.67. The minimum atomic E-state index is 0.632. The average molecular weight is 142 g/mol. The van der Waals surface area contributed by atoms with Gasteiger partial charge in [-0.1, -0.05) is 25.7 Å². The van der Waals surface area contributed by atoms with E-state index in [2.05, 4.69) is 5.32 Å². The van der Waals surface area contributed by atoms with Gasteiger partial charge < -0.3 is 11.1 Å². The summed E-state index contributed by atoms with van der Waals surface area (Å²) >= 11 is 0. The van der Waals surface area contributed by atoms with Gasteiger partial charge in [0.05, 0.1) is 0 Å². The van der Waals surface area contributed by atoms with Crippen molar-refractivity contribution < 1.29 is 0 Å². The van der Waals surface area contributed by atoms with Gasteiger partial charge >= 0.3 is 0 Å². The van der Waals surface area contributed by atoms with Crippen molar-refractivity contribution in [1.29, 1.82) is 0 Å². The summed E-state index contributed by atoms with van der Waals surface area (Å²) in [7, 11) is 0. The largest absolute Gasteiger partial charge is 0.318 e. The molecule has 60 valence electrons. The molecule has 0 bridgehead atoms. The van der Waals surface area contributed by atoms with Gasteiger partial charge in [0.2, 0.25) is 0 Å². The summed E-state index contributed by atoms with van der Waals surface area (Å²) in [6, 6.07) is 0. The molecule has 0 aliphatic heterocycles. The van der Waals surface area contributed by atoms with Gasteiger partial charge in [0.1, 0.15) is 0 Å². The fourth-order valence-corrected chi connectivity index (χ4v) is 1.71. The predicted molar refractivity (Wildman–Crippen MR) is 43.6 cm³/mol. The van der Waals surface area contributed by atoms with Crippen LogP contribution in [0.2, 0.25) is 0 Å². The number of nitrogens with one attached hydrogen (secondary N) is 1. The van der Waals surface area contributed by atoms with E-state index in [9.17, 15) is 0 Å². The van der Waals surface area contributed by atoms with Crippen LogP contribution in [0.25, 0.3) is 0 Å². The maximum atomic E-state index is 5.30. The first-order valence-electron chi connectivity index (χ1n) is 4.34. The van der Waals surface area contributed by atoms with Crippen LogP contribution in [-0.2, 0) is 0 Å². The highest BCUT2D eigenvalue weighted by molar-refractivity contribution is 4.67. The first-order valence-corrected chi connectivity index (χ1v) is 4.34. The van der Waals surface area contributed by atoms with Crippen molar-refractivity contribution in [3.63, 3.8) is 0 Å². The van der Waals surface area contributed by atoms with Crippen molar-refractivity contribution >= 4 is 0 Å². The molecule has 0 atom stereocenters. The van der Waals surface area contributed by atoms with E-state index in [0.717, 1.165) is 12.5 Å². The summed E-state index contributed by atoms with van der Waals surface area (Å²) < 4.78 is 0. The lowest BCUT2D eigenvalue weighted by molar-refractivity contribution is 0.480. The van der Waals surface area contributed by atoms with Gasteiger partial charge in [-0.15, -0.1) is 0 Å². The van der Waals surface area contributed by atoms with Crippen LogP contribution in [0.4, 0.5) is 0 Å².